The molecule has 1 unspecified atom stereocenters. The van der Waals surface area contributed by atoms with Crippen LogP contribution in [0.2, 0.25) is 0 Å². The van der Waals surface area contributed by atoms with Gasteiger partial charge < -0.3 is 16.0 Å². The molecule has 0 saturated carbocycles. The van der Waals surface area contributed by atoms with Crippen LogP contribution in [0.3, 0.4) is 0 Å². The molecule has 6 nitrogen and oxygen atoms in total. The molecule has 0 spiro atoms. The van der Waals surface area contributed by atoms with Gasteiger partial charge in [-0.3, -0.25) is 4.98 Å². The molecular weight excluding hydrogens is 420 g/mol. The molecule has 0 amide bonds. The summed E-state index contributed by atoms with van der Waals surface area (Å²) >= 11 is 0. The van der Waals surface area contributed by atoms with Gasteiger partial charge in [-0.15, -0.1) is 0 Å². The molecular formula is C28H30N6. The molecule has 1 aliphatic rings. The molecule has 2 aromatic carbocycles. The predicted octanol–water partition coefficient (Wildman–Crippen LogP) is 5.12. The third kappa shape index (κ3) is 4.92. The largest absolute Gasteiger partial charge is 0.351 e. The van der Waals surface area contributed by atoms with Crippen molar-refractivity contribution in [3.05, 3.63) is 95.8 Å². The number of aryl methyl sites for hydroxylation is 1. The number of benzene rings is 2. The highest BCUT2D eigenvalue weighted by atomic mass is 15.2. The van der Waals surface area contributed by atoms with E-state index in [-0.39, 0.29) is 6.04 Å². The Kier molecular flexibility index (Phi) is 6.49. The fourth-order valence-electron chi connectivity index (χ4n) is 4.55. The topological polar surface area (TPSA) is 80.0 Å². The molecule has 1 atom stereocenters. The lowest BCUT2D eigenvalue weighted by Crippen LogP contribution is -2.26. The Morgan fingerprint density at radius 3 is 2.71 bits per heavy atom. The highest BCUT2D eigenvalue weighted by Crippen LogP contribution is 2.34. The zero-order valence-corrected chi connectivity index (χ0v) is 19.5. The van der Waals surface area contributed by atoms with Gasteiger partial charge >= 0.3 is 0 Å². The summed E-state index contributed by atoms with van der Waals surface area (Å²) in [7, 11) is 0. The van der Waals surface area contributed by atoms with Crippen molar-refractivity contribution >= 4 is 17.5 Å². The molecule has 3 heterocycles. The highest BCUT2D eigenvalue weighted by Gasteiger charge is 2.21. The van der Waals surface area contributed by atoms with E-state index in [1.54, 1.807) is 0 Å². The first kappa shape index (κ1) is 22.0. The lowest BCUT2D eigenvalue weighted by molar-refractivity contribution is 0.749. The third-order valence-corrected chi connectivity index (χ3v) is 6.21. The second kappa shape index (κ2) is 10.0. The van der Waals surface area contributed by atoms with E-state index >= 15 is 0 Å². The Balaban J connectivity index is 1.36. The van der Waals surface area contributed by atoms with Gasteiger partial charge in [0.25, 0.3) is 0 Å². The van der Waals surface area contributed by atoms with E-state index in [1.165, 1.54) is 16.8 Å². The van der Waals surface area contributed by atoms with E-state index in [1.807, 2.05) is 36.7 Å². The standard InChI is InChI=1S/C28H30N6/c1-20(15-21-7-5-8-22(16-21)18-29)32-28-30-13-12-27(33-28)34-14-6-11-24-19-31-25(17-26(24)34)23-9-3-2-4-10-23/h2-5,7-10,12-13,16-17,19-20H,6,11,14-15,18,29H2,1H3,(H,30,32,33). The lowest BCUT2D eigenvalue weighted by Gasteiger charge is -2.30. The van der Waals surface area contributed by atoms with E-state index in [9.17, 15) is 0 Å². The van der Waals surface area contributed by atoms with Crippen molar-refractivity contribution in [2.45, 2.75) is 38.8 Å². The fourth-order valence-corrected chi connectivity index (χ4v) is 4.55. The molecule has 0 saturated heterocycles. The monoisotopic (exact) mass is 450 g/mol. The minimum absolute atomic E-state index is 0.186. The van der Waals surface area contributed by atoms with Crippen molar-refractivity contribution in [1.29, 1.82) is 0 Å². The van der Waals surface area contributed by atoms with E-state index in [4.69, 9.17) is 15.7 Å². The van der Waals surface area contributed by atoms with Crippen molar-refractivity contribution in [2.24, 2.45) is 5.73 Å². The Bertz CT molecular complexity index is 1260. The molecule has 172 valence electrons. The first-order valence-electron chi connectivity index (χ1n) is 11.9. The number of hydrogen-bond acceptors (Lipinski definition) is 6. The van der Waals surface area contributed by atoms with Crippen LogP contribution in [0.15, 0.2) is 79.1 Å². The summed E-state index contributed by atoms with van der Waals surface area (Å²) in [5, 5.41) is 3.48. The molecule has 3 N–H and O–H groups in total. The maximum absolute atomic E-state index is 5.79. The van der Waals surface area contributed by atoms with Crippen LogP contribution in [0.1, 0.15) is 30.0 Å². The van der Waals surface area contributed by atoms with Gasteiger partial charge in [-0.2, -0.15) is 4.98 Å². The van der Waals surface area contributed by atoms with E-state index in [2.05, 4.69) is 64.6 Å². The van der Waals surface area contributed by atoms with Crippen molar-refractivity contribution in [2.75, 3.05) is 16.8 Å². The van der Waals surface area contributed by atoms with Crippen LogP contribution in [0.4, 0.5) is 17.5 Å². The van der Waals surface area contributed by atoms with Gasteiger partial charge in [0.1, 0.15) is 5.82 Å². The molecule has 0 fully saturated rings. The zero-order valence-electron chi connectivity index (χ0n) is 19.5. The van der Waals surface area contributed by atoms with Gasteiger partial charge in [-0.05, 0) is 55.0 Å². The smallest absolute Gasteiger partial charge is 0.224 e. The number of nitrogens with one attached hydrogen (secondary N) is 1. The molecule has 1 aliphatic heterocycles. The molecule has 0 bridgehead atoms. The summed E-state index contributed by atoms with van der Waals surface area (Å²) in [6, 6.07) is 23.1. The predicted molar refractivity (Wildman–Crippen MR) is 138 cm³/mol. The third-order valence-electron chi connectivity index (χ3n) is 6.21. The maximum Gasteiger partial charge on any atom is 0.224 e. The number of hydrogen-bond donors (Lipinski definition) is 2. The van der Waals surface area contributed by atoms with Gasteiger partial charge in [0, 0.05) is 42.8 Å². The first-order chi connectivity index (χ1) is 16.7. The van der Waals surface area contributed by atoms with Gasteiger partial charge in [-0.1, -0.05) is 54.6 Å². The molecule has 0 radical (unpaired) electrons. The summed E-state index contributed by atoms with van der Waals surface area (Å²) in [6.07, 6.45) is 6.82. The van der Waals surface area contributed by atoms with E-state index in [0.29, 0.717) is 12.5 Å². The fraction of sp³-hybridized carbons (Fsp3) is 0.250. The van der Waals surface area contributed by atoms with Gasteiger partial charge in [0.15, 0.2) is 0 Å². The van der Waals surface area contributed by atoms with Crippen molar-refractivity contribution in [3.63, 3.8) is 0 Å². The Morgan fingerprint density at radius 2 is 1.85 bits per heavy atom. The van der Waals surface area contributed by atoms with Crippen LogP contribution in [0, 0.1) is 0 Å². The summed E-state index contributed by atoms with van der Waals surface area (Å²) in [5.41, 5.74) is 12.7. The van der Waals surface area contributed by atoms with Crippen LogP contribution >= 0.6 is 0 Å². The minimum atomic E-state index is 0.186. The minimum Gasteiger partial charge on any atom is -0.351 e. The first-order valence-corrected chi connectivity index (χ1v) is 11.9. The lowest BCUT2D eigenvalue weighted by atomic mass is 10.0. The number of pyridine rings is 1. The molecule has 2 aromatic heterocycles. The molecule has 5 rings (SSSR count). The summed E-state index contributed by atoms with van der Waals surface area (Å²) in [5.74, 6) is 1.55. The van der Waals surface area contributed by atoms with Crippen LogP contribution in [-0.4, -0.2) is 27.5 Å². The number of fused-ring (bicyclic) bond motifs is 1. The maximum atomic E-state index is 5.79. The van der Waals surface area contributed by atoms with Crippen LogP contribution in [-0.2, 0) is 19.4 Å². The van der Waals surface area contributed by atoms with Crippen molar-refractivity contribution in [1.82, 2.24) is 15.0 Å². The second-order valence-electron chi connectivity index (χ2n) is 8.83. The van der Waals surface area contributed by atoms with Crippen LogP contribution in [0.25, 0.3) is 11.3 Å². The van der Waals surface area contributed by atoms with Gasteiger partial charge in [0.05, 0.1) is 5.69 Å². The molecule has 6 heteroatoms. The van der Waals surface area contributed by atoms with E-state index in [0.717, 1.165) is 48.4 Å². The molecule has 4 aromatic rings. The Hall–Kier alpha value is -3.77. The number of nitrogens with zero attached hydrogens (tertiary/aromatic N) is 4. The number of anilines is 3. The Morgan fingerprint density at radius 1 is 1.00 bits per heavy atom. The van der Waals surface area contributed by atoms with Crippen molar-refractivity contribution in [3.8, 4) is 11.3 Å². The number of rotatable bonds is 7. The highest BCUT2D eigenvalue weighted by molar-refractivity contribution is 5.72. The number of aromatic nitrogens is 3. The van der Waals surface area contributed by atoms with E-state index < -0.39 is 0 Å². The SMILES string of the molecule is CC(Cc1cccc(CN)c1)Nc1nccc(N2CCCc3cnc(-c4ccccc4)cc32)n1. The van der Waals surface area contributed by atoms with Crippen molar-refractivity contribution < 1.29 is 0 Å². The summed E-state index contributed by atoms with van der Waals surface area (Å²) in [6.45, 7) is 3.63. The second-order valence-corrected chi connectivity index (χ2v) is 8.83. The zero-order chi connectivity index (χ0) is 23.3. The number of nitrogens with two attached hydrogens (primary N) is 1. The normalized spacial score (nSPS) is 13.9. The Labute approximate surface area is 200 Å². The van der Waals surface area contributed by atoms with Gasteiger partial charge in [0.2, 0.25) is 5.95 Å². The average Bonchev–Trinajstić information content (AvgIpc) is 2.88. The average molecular weight is 451 g/mol. The molecule has 0 aliphatic carbocycles. The van der Waals surface area contributed by atoms with Crippen LogP contribution < -0.4 is 16.0 Å². The quantitative estimate of drug-likeness (QED) is 0.407. The summed E-state index contributed by atoms with van der Waals surface area (Å²) in [4.78, 5) is 16.4. The molecule has 34 heavy (non-hydrogen) atoms. The summed E-state index contributed by atoms with van der Waals surface area (Å²) < 4.78 is 0. The van der Waals surface area contributed by atoms with Crippen LogP contribution in [0.5, 0.6) is 0 Å². The van der Waals surface area contributed by atoms with Gasteiger partial charge in [-0.25, -0.2) is 4.98 Å².